The lowest BCUT2D eigenvalue weighted by Crippen LogP contribution is -2.10. The van der Waals surface area contributed by atoms with Crippen LogP contribution in [-0.2, 0) is 0 Å². The summed E-state index contributed by atoms with van der Waals surface area (Å²) in [5.74, 6) is 8.05. The van der Waals surface area contributed by atoms with Crippen LogP contribution in [0.25, 0.3) is 16.8 Å². The summed E-state index contributed by atoms with van der Waals surface area (Å²) in [4.78, 5) is 4.60. The van der Waals surface area contributed by atoms with E-state index in [0.29, 0.717) is 0 Å². The van der Waals surface area contributed by atoms with E-state index < -0.39 is 0 Å². The highest BCUT2D eigenvalue weighted by molar-refractivity contribution is 5.82. The van der Waals surface area contributed by atoms with Crippen molar-refractivity contribution < 1.29 is 9.47 Å². The van der Waals surface area contributed by atoms with Crippen molar-refractivity contribution >= 4 is 16.8 Å². The number of benzene rings is 3. The van der Waals surface area contributed by atoms with Crippen molar-refractivity contribution in [2.75, 3.05) is 7.11 Å². The summed E-state index contributed by atoms with van der Waals surface area (Å²) in [6.45, 7) is 0. The second-order valence-electron chi connectivity index (χ2n) is 7.08. The van der Waals surface area contributed by atoms with Gasteiger partial charge >= 0.3 is 0 Å². The third kappa shape index (κ3) is 3.64. The van der Waals surface area contributed by atoms with Gasteiger partial charge in [-0.3, -0.25) is 4.98 Å². The van der Waals surface area contributed by atoms with Gasteiger partial charge in [0.2, 0.25) is 0 Å². The smallest absolute Gasteiger partial charge is 0.159 e. The molecular formula is C27H19NO2. The molecule has 0 bridgehead atoms. The molecule has 3 aromatic carbocycles. The van der Waals surface area contributed by atoms with Crippen LogP contribution in [0, 0.1) is 11.8 Å². The van der Waals surface area contributed by atoms with Gasteiger partial charge in [-0.2, -0.15) is 0 Å². The van der Waals surface area contributed by atoms with Gasteiger partial charge in [-0.05, 0) is 53.9 Å². The number of methoxy groups -OCH3 is 1. The molecule has 5 rings (SSSR count). The summed E-state index contributed by atoms with van der Waals surface area (Å²) in [6.07, 6.45) is 5.81. The highest BCUT2D eigenvalue weighted by Gasteiger charge is 2.18. The monoisotopic (exact) mass is 389 g/mol. The quantitative estimate of drug-likeness (QED) is 0.407. The van der Waals surface area contributed by atoms with Crippen LogP contribution >= 0.6 is 0 Å². The zero-order chi connectivity index (χ0) is 20.3. The Balaban J connectivity index is 1.40. The number of nitrogens with zero attached hydrogens (tertiary/aromatic N) is 1. The maximum Gasteiger partial charge on any atom is 0.159 e. The van der Waals surface area contributed by atoms with Gasteiger partial charge < -0.3 is 9.47 Å². The molecule has 1 aromatic heterocycles. The van der Waals surface area contributed by atoms with Crippen LogP contribution in [0.4, 0.5) is 0 Å². The number of pyridine rings is 1. The molecule has 1 atom stereocenters. The number of rotatable bonds is 2. The van der Waals surface area contributed by atoms with Crippen molar-refractivity contribution in [2.24, 2.45) is 0 Å². The molecule has 0 saturated carbocycles. The minimum Gasteiger partial charge on any atom is -0.497 e. The molecule has 2 heterocycles. The first kappa shape index (κ1) is 18.0. The van der Waals surface area contributed by atoms with Gasteiger partial charge in [0, 0.05) is 28.3 Å². The molecule has 0 spiro atoms. The lowest BCUT2D eigenvalue weighted by atomic mass is 10.0. The molecular weight excluding hydrogens is 370 g/mol. The molecule has 3 nitrogen and oxygen atoms in total. The van der Waals surface area contributed by atoms with E-state index >= 15 is 0 Å². The topological polar surface area (TPSA) is 31.4 Å². The summed E-state index contributed by atoms with van der Waals surface area (Å²) in [6, 6.07) is 24.0. The molecule has 1 unspecified atom stereocenters. The van der Waals surface area contributed by atoms with Crippen molar-refractivity contribution in [2.45, 2.75) is 6.10 Å². The van der Waals surface area contributed by atoms with E-state index in [1.54, 1.807) is 7.11 Å². The van der Waals surface area contributed by atoms with Crippen molar-refractivity contribution in [1.82, 2.24) is 4.98 Å². The van der Waals surface area contributed by atoms with Gasteiger partial charge in [0.1, 0.15) is 11.5 Å². The van der Waals surface area contributed by atoms with Crippen molar-refractivity contribution in [3.8, 4) is 23.3 Å². The number of fused-ring (bicyclic) bond motifs is 2. The van der Waals surface area contributed by atoms with E-state index in [4.69, 9.17) is 9.47 Å². The van der Waals surface area contributed by atoms with E-state index in [1.165, 1.54) is 0 Å². The van der Waals surface area contributed by atoms with Crippen LogP contribution in [0.1, 0.15) is 28.5 Å². The molecule has 3 heteroatoms. The van der Waals surface area contributed by atoms with E-state index in [1.807, 2.05) is 66.9 Å². The van der Waals surface area contributed by atoms with Crippen LogP contribution < -0.4 is 9.47 Å². The Morgan fingerprint density at radius 2 is 1.63 bits per heavy atom. The molecule has 0 aliphatic carbocycles. The van der Waals surface area contributed by atoms with Gasteiger partial charge in [-0.25, -0.2) is 0 Å². The molecule has 4 aromatic rings. The number of aromatic nitrogens is 1. The Morgan fingerprint density at radius 1 is 0.867 bits per heavy atom. The lowest BCUT2D eigenvalue weighted by Gasteiger charge is -2.21. The molecule has 0 radical (unpaired) electrons. The molecule has 1 aliphatic rings. The first-order valence-corrected chi connectivity index (χ1v) is 9.78. The summed E-state index contributed by atoms with van der Waals surface area (Å²) in [7, 11) is 1.66. The Labute approximate surface area is 175 Å². The second kappa shape index (κ2) is 7.77. The van der Waals surface area contributed by atoms with Crippen LogP contribution in [0.3, 0.4) is 0 Å². The average Bonchev–Trinajstić information content (AvgIpc) is 2.82. The third-order valence-electron chi connectivity index (χ3n) is 5.10. The summed E-state index contributed by atoms with van der Waals surface area (Å²) in [5, 5.41) is 2.28. The van der Waals surface area contributed by atoms with Gasteiger partial charge in [0.05, 0.1) is 12.8 Å². The minimum atomic E-state index is -0.216. The molecule has 0 N–H and O–H groups in total. The maximum atomic E-state index is 6.26. The summed E-state index contributed by atoms with van der Waals surface area (Å²) < 4.78 is 11.4. The molecule has 144 valence electrons. The largest absolute Gasteiger partial charge is 0.497 e. The second-order valence-corrected chi connectivity index (χ2v) is 7.08. The maximum absolute atomic E-state index is 6.26. The van der Waals surface area contributed by atoms with E-state index in [0.717, 1.165) is 44.7 Å². The number of hydrogen-bond donors (Lipinski definition) is 0. The molecule has 1 aliphatic heterocycles. The highest BCUT2D eigenvalue weighted by atomic mass is 16.5. The molecule has 0 saturated heterocycles. The van der Waals surface area contributed by atoms with Crippen molar-refractivity contribution in [1.29, 1.82) is 0 Å². The average molecular weight is 389 g/mol. The fourth-order valence-electron chi connectivity index (χ4n) is 3.45. The fraction of sp³-hybridized carbons (Fsp3) is 0.0741. The predicted molar refractivity (Wildman–Crippen MR) is 120 cm³/mol. The first-order chi connectivity index (χ1) is 14.8. The Morgan fingerprint density at radius 3 is 2.47 bits per heavy atom. The standard InChI is InChI=1S/C27H19NO2/c1-29-24-13-9-19(10-14-24)6-7-20-8-11-21-12-15-26(30-27(21)16-20)25-17-22-4-2-3-5-23(22)18-28-25/h2-5,8-18,26H,1H3. The Hall–Kier alpha value is -4.03. The van der Waals surface area contributed by atoms with Crippen LogP contribution in [0.2, 0.25) is 0 Å². The van der Waals surface area contributed by atoms with Crippen molar-refractivity contribution in [3.63, 3.8) is 0 Å². The van der Waals surface area contributed by atoms with Crippen molar-refractivity contribution in [3.05, 3.63) is 107 Å². The van der Waals surface area contributed by atoms with Gasteiger partial charge in [-0.1, -0.05) is 48.2 Å². The van der Waals surface area contributed by atoms with E-state index in [2.05, 4.69) is 41.1 Å². The zero-order valence-electron chi connectivity index (χ0n) is 16.5. The SMILES string of the molecule is COc1ccc(C#Cc2ccc3c(c2)OC(c2cc4ccccc4cn2)C=C3)cc1. The van der Waals surface area contributed by atoms with Gasteiger partial charge in [-0.15, -0.1) is 0 Å². The Bertz CT molecular complexity index is 1310. The summed E-state index contributed by atoms with van der Waals surface area (Å²) in [5.41, 5.74) is 3.78. The molecule has 0 fully saturated rings. The van der Waals surface area contributed by atoms with Gasteiger partial charge in [0.15, 0.2) is 6.10 Å². The van der Waals surface area contributed by atoms with Gasteiger partial charge in [0.25, 0.3) is 0 Å². The van der Waals surface area contributed by atoms with Crippen LogP contribution in [-0.4, -0.2) is 12.1 Å². The fourth-order valence-corrected chi connectivity index (χ4v) is 3.45. The molecule has 0 amide bonds. The van der Waals surface area contributed by atoms with E-state index in [9.17, 15) is 0 Å². The van der Waals surface area contributed by atoms with E-state index in [-0.39, 0.29) is 6.10 Å². The lowest BCUT2D eigenvalue weighted by molar-refractivity contribution is 0.247. The highest BCUT2D eigenvalue weighted by Crippen LogP contribution is 2.33. The normalized spacial score (nSPS) is 14.4. The third-order valence-corrected chi connectivity index (χ3v) is 5.10. The number of hydrogen-bond acceptors (Lipinski definition) is 3. The Kier molecular flexibility index (Phi) is 4.67. The summed E-state index contributed by atoms with van der Waals surface area (Å²) >= 11 is 0. The predicted octanol–water partition coefficient (Wildman–Crippen LogP) is 5.79. The zero-order valence-corrected chi connectivity index (χ0v) is 16.5. The number of ether oxygens (including phenoxy) is 2. The van der Waals surface area contributed by atoms with Crippen LogP contribution in [0.5, 0.6) is 11.5 Å². The first-order valence-electron chi connectivity index (χ1n) is 9.78. The van der Waals surface area contributed by atoms with Crippen LogP contribution in [0.15, 0.2) is 85.1 Å². The minimum absolute atomic E-state index is 0.216. The molecule has 30 heavy (non-hydrogen) atoms.